The number of aliphatic hydroxyl groups excluding tert-OH is 1. The first kappa shape index (κ1) is 9.93. The second kappa shape index (κ2) is 4.75. The molecule has 0 saturated heterocycles. The van der Waals surface area contributed by atoms with Crippen LogP contribution in [-0.2, 0) is 0 Å². The fourth-order valence-electron chi connectivity index (χ4n) is 1.78. The van der Waals surface area contributed by atoms with Crippen LogP contribution >= 0.6 is 0 Å². The van der Waals surface area contributed by atoms with Gasteiger partial charge in [-0.25, -0.2) is 0 Å². The Morgan fingerprint density at radius 2 is 2.00 bits per heavy atom. The van der Waals surface area contributed by atoms with Crippen molar-refractivity contribution in [1.29, 1.82) is 0 Å². The van der Waals surface area contributed by atoms with Crippen molar-refractivity contribution in [2.45, 2.75) is 12.3 Å². The molecule has 0 saturated carbocycles. The van der Waals surface area contributed by atoms with E-state index >= 15 is 0 Å². The van der Waals surface area contributed by atoms with Crippen LogP contribution in [0.5, 0.6) is 0 Å². The van der Waals surface area contributed by atoms with Crippen LogP contribution in [0.15, 0.2) is 42.6 Å². The highest BCUT2D eigenvalue weighted by Crippen LogP contribution is 2.25. The second-order valence-corrected chi connectivity index (χ2v) is 3.49. The molecule has 0 aliphatic carbocycles. The van der Waals surface area contributed by atoms with Gasteiger partial charge in [-0.2, -0.15) is 5.10 Å². The summed E-state index contributed by atoms with van der Waals surface area (Å²) in [7, 11) is 0. The number of rotatable bonds is 4. The second-order valence-electron chi connectivity index (χ2n) is 3.49. The minimum absolute atomic E-state index is 0.179. The van der Waals surface area contributed by atoms with Crippen LogP contribution in [0.4, 0.5) is 0 Å². The van der Waals surface area contributed by atoms with Gasteiger partial charge in [0.1, 0.15) is 0 Å². The Hall–Kier alpha value is -1.61. The topological polar surface area (TPSA) is 48.9 Å². The summed E-state index contributed by atoms with van der Waals surface area (Å²) >= 11 is 0. The van der Waals surface area contributed by atoms with E-state index in [4.69, 9.17) is 5.11 Å². The third-order valence-corrected chi connectivity index (χ3v) is 2.52. The lowest BCUT2D eigenvalue weighted by atomic mass is 9.93. The molecule has 2 aromatic rings. The number of hydrogen-bond donors (Lipinski definition) is 2. The van der Waals surface area contributed by atoms with Crippen LogP contribution in [-0.4, -0.2) is 21.9 Å². The van der Waals surface area contributed by atoms with E-state index in [-0.39, 0.29) is 12.5 Å². The molecule has 0 bridgehead atoms. The number of H-pyrrole nitrogens is 1. The maximum Gasteiger partial charge on any atom is 0.0490 e. The van der Waals surface area contributed by atoms with Gasteiger partial charge in [0.05, 0.1) is 0 Å². The van der Waals surface area contributed by atoms with Crippen LogP contribution in [0, 0.1) is 0 Å². The number of nitrogens with one attached hydrogen (secondary N) is 1. The molecule has 0 spiro atoms. The molecule has 78 valence electrons. The highest BCUT2D eigenvalue weighted by atomic mass is 16.3. The minimum Gasteiger partial charge on any atom is -0.396 e. The summed E-state index contributed by atoms with van der Waals surface area (Å²) < 4.78 is 0. The van der Waals surface area contributed by atoms with E-state index in [1.54, 1.807) is 6.20 Å². The first-order chi connectivity index (χ1) is 7.42. The van der Waals surface area contributed by atoms with E-state index < -0.39 is 0 Å². The highest BCUT2D eigenvalue weighted by molar-refractivity contribution is 5.27. The van der Waals surface area contributed by atoms with E-state index in [1.165, 1.54) is 5.56 Å². The quantitative estimate of drug-likeness (QED) is 0.795. The zero-order valence-corrected chi connectivity index (χ0v) is 8.43. The average molecular weight is 202 g/mol. The van der Waals surface area contributed by atoms with Crippen molar-refractivity contribution < 1.29 is 5.11 Å². The van der Waals surface area contributed by atoms with E-state index in [1.807, 2.05) is 24.3 Å². The smallest absolute Gasteiger partial charge is 0.0490 e. The van der Waals surface area contributed by atoms with Crippen molar-refractivity contribution in [3.8, 4) is 0 Å². The van der Waals surface area contributed by atoms with Crippen molar-refractivity contribution in [2.75, 3.05) is 6.61 Å². The van der Waals surface area contributed by atoms with Crippen LogP contribution in [0.3, 0.4) is 0 Å². The lowest BCUT2D eigenvalue weighted by molar-refractivity contribution is 0.281. The summed E-state index contributed by atoms with van der Waals surface area (Å²) in [5.41, 5.74) is 2.26. The fourth-order valence-corrected chi connectivity index (χ4v) is 1.78. The maximum absolute atomic E-state index is 9.06. The van der Waals surface area contributed by atoms with Crippen LogP contribution < -0.4 is 0 Å². The Kier molecular flexibility index (Phi) is 3.15. The third kappa shape index (κ3) is 2.25. The number of aromatic nitrogens is 2. The SMILES string of the molecule is OCCC(c1ccccc1)c1ccn[nH]1. The summed E-state index contributed by atoms with van der Waals surface area (Å²) in [4.78, 5) is 0. The van der Waals surface area contributed by atoms with Gasteiger partial charge in [-0.1, -0.05) is 30.3 Å². The van der Waals surface area contributed by atoms with Gasteiger partial charge in [0.2, 0.25) is 0 Å². The van der Waals surface area contributed by atoms with Crippen LogP contribution in [0.1, 0.15) is 23.6 Å². The Morgan fingerprint density at radius 1 is 1.20 bits per heavy atom. The fraction of sp³-hybridized carbons (Fsp3) is 0.250. The number of nitrogens with zero attached hydrogens (tertiary/aromatic N) is 1. The monoisotopic (exact) mass is 202 g/mol. The first-order valence-electron chi connectivity index (χ1n) is 5.07. The molecule has 1 atom stereocenters. The van der Waals surface area contributed by atoms with Gasteiger partial charge in [-0.15, -0.1) is 0 Å². The standard InChI is InChI=1S/C12H14N2O/c15-9-7-11(12-6-8-13-14-12)10-4-2-1-3-5-10/h1-6,8,11,15H,7,9H2,(H,13,14). The molecule has 0 aliphatic heterocycles. The summed E-state index contributed by atoms with van der Waals surface area (Å²) in [6, 6.07) is 12.1. The molecule has 0 fully saturated rings. The van der Waals surface area contributed by atoms with Crippen molar-refractivity contribution in [3.63, 3.8) is 0 Å². The minimum atomic E-state index is 0.179. The Balaban J connectivity index is 2.28. The molecule has 15 heavy (non-hydrogen) atoms. The van der Waals surface area contributed by atoms with Crippen LogP contribution in [0.2, 0.25) is 0 Å². The zero-order chi connectivity index (χ0) is 10.5. The zero-order valence-electron chi connectivity index (χ0n) is 8.43. The molecule has 0 radical (unpaired) electrons. The number of hydrogen-bond acceptors (Lipinski definition) is 2. The highest BCUT2D eigenvalue weighted by Gasteiger charge is 2.14. The molecule has 0 aliphatic rings. The third-order valence-electron chi connectivity index (χ3n) is 2.52. The summed E-state index contributed by atoms with van der Waals surface area (Å²) in [6.07, 6.45) is 2.45. The van der Waals surface area contributed by atoms with Crippen molar-refractivity contribution >= 4 is 0 Å². The van der Waals surface area contributed by atoms with Crippen molar-refractivity contribution in [2.24, 2.45) is 0 Å². The van der Waals surface area contributed by atoms with E-state index in [2.05, 4.69) is 22.3 Å². The Labute approximate surface area is 88.8 Å². The Morgan fingerprint density at radius 3 is 2.60 bits per heavy atom. The van der Waals surface area contributed by atoms with Crippen LogP contribution in [0.25, 0.3) is 0 Å². The summed E-state index contributed by atoms with van der Waals surface area (Å²) in [6.45, 7) is 0.179. The molecule has 2 rings (SSSR count). The molecule has 1 aromatic carbocycles. The molecule has 1 heterocycles. The molecule has 1 aromatic heterocycles. The first-order valence-corrected chi connectivity index (χ1v) is 5.07. The van der Waals surface area contributed by atoms with E-state index in [0.717, 1.165) is 5.69 Å². The maximum atomic E-state index is 9.06. The number of aliphatic hydroxyl groups is 1. The predicted molar refractivity (Wildman–Crippen MR) is 58.6 cm³/mol. The molecular formula is C12H14N2O. The lowest BCUT2D eigenvalue weighted by Gasteiger charge is -2.13. The van der Waals surface area contributed by atoms with Gasteiger partial charge in [0.25, 0.3) is 0 Å². The molecule has 1 unspecified atom stereocenters. The van der Waals surface area contributed by atoms with Gasteiger partial charge in [-0.05, 0) is 18.1 Å². The van der Waals surface area contributed by atoms with E-state index in [9.17, 15) is 0 Å². The number of benzene rings is 1. The van der Waals surface area contributed by atoms with Gasteiger partial charge in [0, 0.05) is 24.4 Å². The van der Waals surface area contributed by atoms with Gasteiger partial charge < -0.3 is 5.11 Å². The Bertz CT molecular complexity index is 383. The molecule has 2 N–H and O–H groups in total. The van der Waals surface area contributed by atoms with Gasteiger partial charge in [0.15, 0.2) is 0 Å². The normalized spacial score (nSPS) is 12.6. The van der Waals surface area contributed by atoms with Gasteiger partial charge in [-0.3, -0.25) is 5.10 Å². The molecular weight excluding hydrogens is 188 g/mol. The summed E-state index contributed by atoms with van der Waals surface area (Å²) in [5.74, 6) is 0.207. The van der Waals surface area contributed by atoms with E-state index in [0.29, 0.717) is 6.42 Å². The number of aromatic amines is 1. The predicted octanol–water partition coefficient (Wildman–Crippen LogP) is 1.92. The van der Waals surface area contributed by atoms with Gasteiger partial charge >= 0.3 is 0 Å². The lowest BCUT2D eigenvalue weighted by Crippen LogP contribution is -2.04. The summed E-state index contributed by atoms with van der Waals surface area (Å²) in [5, 5.41) is 16.0. The van der Waals surface area contributed by atoms with Crippen molar-refractivity contribution in [1.82, 2.24) is 10.2 Å². The molecule has 3 nitrogen and oxygen atoms in total. The largest absolute Gasteiger partial charge is 0.396 e. The molecule has 3 heteroatoms. The van der Waals surface area contributed by atoms with Crippen molar-refractivity contribution in [3.05, 3.63) is 53.9 Å². The molecule has 0 amide bonds. The average Bonchev–Trinajstić information content (AvgIpc) is 2.80.